The number of carbonyl (C=O) groups excluding carboxylic acids is 6. The van der Waals surface area contributed by atoms with Gasteiger partial charge in [-0.2, -0.15) is 0 Å². The Morgan fingerprint density at radius 3 is 1.67 bits per heavy atom. The van der Waals surface area contributed by atoms with Gasteiger partial charge in [-0.1, -0.05) is 20.1 Å². The summed E-state index contributed by atoms with van der Waals surface area (Å²) in [6.45, 7) is 11.9. The molecule has 0 aliphatic carbocycles. The van der Waals surface area contributed by atoms with Crippen LogP contribution < -0.4 is 10.6 Å². The molecule has 1 atom stereocenters. The molecule has 0 aliphatic heterocycles. The van der Waals surface area contributed by atoms with Crippen molar-refractivity contribution in [2.75, 3.05) is 19.8 Å². The molecular formula is C23H34N2O8. The molecule has 0 aromatic carbocycles. The van der Waals surface area contributed by atoms with Gasteiger partial charge in [-0.25, -0.2) is 9.59 Å². The number of rotatable bonds is 17. The molecule has 33 heavy (non-hydrogen) atoms. The summed E-state index contributed by atoms with van der Waals surface area (Å²) in [6.07, 6.45) is 1.15. The van der Waals surface area contributed by atoms with Crippen LogP contribution in [0, 0.1) is 0 Å². The maximum atomic E-state index is 12.0. The minimum atomic E-state index is -0.761. The fraction of sp³-hybridized carbons (Fsp3) is 0.565. The Bertz CT molecular complexity index is 772. The zero-order chi connectivity index (χ0) is 25.4. The molecule has 0 aromatic heterocycles. The highest BCUT2D eigenvalue weighted by Gasteiger charge is 2.19. The lowest BCUT2D eigenvalue weighted by Crippen LogP contribution is -2.41. The second-order valence-electron chi connectivity index (χ2n) is 7.51. The molecule has 0 rings (SSSR count). The van der Waals surface area contributed by atoms with Crippen LogP contribution in [0.15, 0.2) is 24.3 Å². The van der Waals surface area contributed by atoms with Crippen molar-refractivity contribution in [2.24, 2.45) is 0 Å². The van der Waals surface area contributed by atoms with Gasteiger partial charge in [0.1, 0.15) is 0 Å². The fourth-order valence-electron chi connectivity index (χ4n) is 2.37. The number of ether oxygens (including phenoxy) is 2. The summed E-state index contributed by atoms with van der Waals surface area (Å²) >= 11 is 0. The number of esters is 2. The molecule has 0 heterocycles. The Balaban J connectivity index is 4.16. The molecule has 184 valence electrons. The van der Waals surface area contributed by atoms with Crippen molar-refractivity contribution in [2.45, 2.75) is 65.3 Å². The van der Waals surface area contributed by atoms with Crippen LogP contribution in [0.1, 0.15) is 59.3 Å². The van der Waals surface area contributed by atoms with Crippen molar-refractivity contribution < 1.29 is 38.2 Å². The number of hydrogen-bond acceptors (Lipinski definition) is 8. The molecule has 10 heteroatoms. The van der Waals surface area contributed by atoms with E-state index >= 15 is 0 Å². The quantitative estimate of drug-likeness (QED) is 0.141. The Hall–Kier alpha value is -3.30. The van der Waals surface area contributed by atoms with E-state index in [1.54, 1.807) is 0 Å². The Kier molecular flexibility index (Phi) is 14.7. The zero-order valence-corrected chi connectivity index (χ0v) is 19.6. The summed E-state index contributed by atoms with van der Waals surface area (Å²) in [7, 11) is 0. The summed E-state index contributed by atoms with van der Waals surface area (Å²) in [5.74, 6) is -3.89. The minimum absolute atomic E-state index is 0.0122. The third kappa shape index (κ3) is 13.7. The first-order valence-electron chi connectivity index (χ1n) is 10.8. The topological polar surface area (TPSA) is 145 Å². The van der Waals surface area contributed by atoms with Gasteiger partial charge in [-0.3, -0.25) is 19.2 Å². The number of amides is 2. The number of ketones is 2. The lowest BCUT2D eigenvalue weighted by atomic mass is 10.1. The third-order valence-electron chi connectivity index (χ3n) is 4.37. The standard InChI is InChI=1S/C23H34N2O8/c1-6-17(25-21(29)19(27)10-8-14-33-23(31)16(4)5)11-12-24-20(28)18(26)9-7-13-32-22(30)15(2)3/h17H,2,4,6-14H2,1,3,5H3,(H,24,28)(H,25,29). The van der Waals surface area contributed by atoms with Gasteiger partial charge in [-0.15, -0.1) is 0 Å². The third-order valence-corrected chi connectivity index (χ3v) is 4.37. The summed E-state index contributed by atoms with van der Waals surface area (Å²) in [5, 5.41) is 5.07. The number of nitrogens with one attached hydrogen (secondary N) is 2. The van der Waals surface area contributed by atoms with Gasteiger partial charge < -0.3 is 20.1 Å². The van der Waals surface area contributed by atoms with Crippen LogP contribution in [0.25, 0.3) is 0 Å². The number of carbonyl (C=O) groups is 6. The Morgan fingerprint density at radius 1 is 0.788 bits per heavy atom. The van der Waals surface area contributed by atoms with Crippen molar-refractivity contribution in [1.29, 1.82) is 0 Å². The van der Waals surface area contributed by atoms with E-state index in [2.05, 4.69) is 23.8 Å². The molecular weight excluding hydrogens is 432 g/mol. The summed E-state index contributed by atoms with van der Waals surface area (Å²) < 4.78 is 9.72. The average Bonchev–Trinajstić information content (AvgIpc) is 2.77. The molecule has 0 fully saturated rings. The predicted molar refractivity (Wildman–Crippen MR) is 120 cm³/mol. The van der Waals surface area contributed by atoms with Crippen LogP contribution in [-0.4, -0.2) is 61.1 Å². The largest absolute Gasteiger partial charge is 0.462 e. The van der Waals surface area contributed by atoms with Gasteiger partial charge in [0, 0.05) is 36.6 Å². The second kappa shape index (κ2) is 16.3. The van der Waals surface area contributed by atoms with Gasteiger partial charge in [0.25, 0.3) is 11.8 Å². The smallest absolute Gasteiger partial charge is 0.333 e. The van der Waals surface area contributed by atoms with E-state index in [1.807, 2.05) is 6.92 Å². The highest BCUT2D eigenvalue weighted by Crippen LogP contribution is 2.01. The molecule has 0 radical (unpaired) electrons. The highest BCUT2D eigenvalue weighted by atomic mass is 16.5. The maximum Gasteiger partial charge on any atom is 0.333 e. The average molecular weight is 467 g/mol. The lowest BCUT2D eigenvalue weighted by Gasteiger charge is -2.16. The van der Waals surface area contributed by atoms with Crippen LogP contribution in [0.2, 0.25) is 0 Å². The zero-order valence-electron chi connectivity index (χ0n) is 19.6. The minimum Gasteiger partial charge on any atom is -0.462 e. The number of hydrogen-bond donors (Lipinski definition) is 2. The van der Waals surface area contributed by atoms with E-state index in [0.29, 0.717) is 12.8 Å². The monoisotopic (exact) mass is 466 g/mol. The first kappa shape index (κ1) is 29.7. The van der Waals surface area contributed by atoms with Crippen LogP contribution in [-0.2, 0) is 38.2 Å². The lowest BCUT2D eigenvalue weighted by molar-refractivity contribution is -0.141. The van der Waals surface area contributed by atoms with Crippen LogP contribution in [0.3, 0.4) is 0 Å². The molecule has 0 saturated carbocycles. The van der Waals surface area contributed by atoms with E-state index in [9.17, 15) is 28.8 Å². The van der Waals surface area contributed by atoms with Gasteiger partial charge in [0.15, 0.2) is 0 Å². The van der Waals surface area contributed by atoms with E-state index in [1.165, 1.54) is 13.8 Å². The van der Waals surface area contributed by atoms with E-state index in [4.69, 9.17) is 9.47 Å². The van der Waals surface area contributed by atoms with Crippen molar-refractivity contribution in [1.82, 2.24) is 10.6 Å². The number of Topliss-reactive ketones (excluding diaryl/α,β-unsaturated/α-hetero) is 2. The molecule has 0 aliphatic rings. The van der Waals surface area contributed by atoms with E-state index in [0.717, 1.165) is 0 Å². The fourth-order valence-corrected chi connectivity index (χ4v) is 2.37. The summed E-state index contributed by atoms with van der Waals surface area (Å²) in [6, 6.07) is -0.361. The molecule has 0 saturated heterocycles. The van der Waals surface area contributed by atoms with Gasteiger partial charge in [0.2, 0.25) is 11.6 Å². The second-order valence-corrected chi connectivity index (χ2v) is 7.51. The Labute approximate surface area is 194 Å². The van der Waals surface area contributed by atoms with Gasteiger partial charge in [-0.05, 0) is 39.5 Å². The first-order chi connectivity index (χ1) is 15.5. The van der Waals surface area contributed by atoms with Crippen LogP contribution >= 0.6 is 0 Å². The SMILES string of the molecule is C=C(C)C(=O)OCCCC(=O)C(=O)NCCC(CC)NC(=O)C(=O)CCCOC(=O)C(=C)C. The molecule has 10 nitrogen and oxygen atoms in total. The van der Waals surface area contributed by atoms with E-state index in [-0.39, 0.29) is 62.6 Å². The van der Waals surface area contributed by atoms with Crippen molar-refractivity contribution in [3.8, 4) is 0 Å². The summed E-state index contributed by atoms with van der Waals surface area (Å²) in [4.78, 5) is 70.1. The summed E-state index contributed by atoms with van der Waals surface area (Å²) in [5.41, 5.74) is 0.505. The molecule has 2 amide bonds. The predicted octanol–water partition coefficient (Wildman–Crippen LogP) is 1.32. The van der Waals surface area contributed by atoms with Crippen LogP contribution in [0.5, 0.6) is 0 Å². The van der Waals surface area contributed by atoms with Crippen molar-refractivity contribution in [3.63, 3.8) is 0 Å². The molecule has 0 bridgehead atoms. The van der Waals surface area contributed by atoms with Crippen LogP contribution in [0.4, 0.5) is 0 Å². The van der Waals surface area contributed by atoms with Gasteiger partial charge in [0.05, 0.1) is 13.2 Å². The van der Waals surface area contributed by atoms with E-state index < -0.39 is 35.3 Å². The maximum absolute atomic E-state index is 12.0. The van der Waals surface area contributed by atoms with Crippen molar-refractivity contribution in [3.05, 3.63) is 24.3 Å². The molecule has 0 aromatic rings. The normalized spacial score (nSPS) is 11.0. The first-order valence-corrected chi connectivity index (χ1v) is 10.8. The van der Waals surface area contributed by atoms with Crippen molar-refractivity contribution >= 4 is 35.3 Å². The molecule has 2 N–H and O–H groups in total. The molecule has 0 spiro atoms. The molecule has 1 unspecified atom stereocenters. The van der Waals surface area contributed by atoms with Gasteiger partial charge >= 0.3 is 11.9 Å². The highest BCUT2D eigenvalue weighted by molar-refractivity contribution is 6.36. The Morgan fingerprint density at radius 2 is 1.24 bits per heavy atom.